The minimum atomic E-state index is -4.48. The standard InChI is InChI=1S/C24H26F2N2O7S/c1-4-11-35-23(31)28-14-21(24(15-28,22(29)30)19-10-7-17(25)12-20(19)26)36(32,33)27(2)13-16-5-8-18(34-3)9-6-16/h4-10,12,21H,1,11,13-15H2,2-3H3,(H,29,30)/t21-,24+/m0/s1. The fourth-order valence-electron chi connectivity index (χ4n) is 4.26. The molecule has 3 rings (SSSR count). The van der Waals surface area contributed by atoms with Gasteiger partial charge in [0.1, 0.15) is 34.7 Å². The highest BCUT2D eigenvalue weighted by molar-refractivity contribution is 7.89. The number of ether oxygens (including phenoxy) is 2. The number of nitrogens with zero attached hydrogens (tertiary/aromatic N) is 2. The number of benzene rings is 2. The summed E-state index contributed by atoms with van der Waals surface area (Å²) in [6.45, 7) is 1.80. The quantitative estimate of drug-likeness (QED) is 0.502. The fourth-order valence-corrected chi connectivity index (χ4v) is 6.20. The molecule has 0 spiro atoms. The van der Waals surface area contributed by atoms with Gasteiger partial charge in [-0.2, -0.15) is 0 Å². The molecule has 1 heterocycles. The van der Waals surface area contributed by atoms with E-state index in [1.807, 2.05) is 0 Å². The average molecular weight is 525 g/mol. The molecule has 0 bridgehead atoms. The molecule has 1 fully saturated rings. The van der Waals surface area contributed by atoms with Crippen molar-refractivity contribution in [1.82, 2.24) is 9.21 Å². The minimum Gasteiger partial charge on any atom is -0.497 e. The molecule has 9 nitrogen and oxygen atoms in total. The topological polar surface area (TPSA) is 113 Å². The van der Waals surface area contributed by atoms with Crippen molar-refractivity contribution in [2.24, 2.45) is 0 Å². The minimum absolute atomic E-state index is 0.134. The van der Waals surface area contributed by atoms with Crippen LogP contribution in [0.4, 0.5) is 13.6 Å². The molecule has 0 aliphatic carbocycles. The Bertz CT molecular complexity index is 1250. The number of amides is 1. The van der Waals surface area contributed by atoms with Crippen LogP contribution in [0.5, 0.6) is 5.75 Å². The third kappa shape index (κ3) is 5.05. The first-order chi connectivity index (χ1) is 17.0. The van der Waals surface area contributed by atoms with Crippen molar-refractivity contribution in [2.75, 3.05) is 33.9 Å². The van der Waals surface area contributed by atoms with Gasteiger partial charge >= 0.3 is 12.1 Å². The maximum Gasteiger partial charge on any atom is 0.410 e. The van der Waals surface area contributed by atoms with Crippen molar-refractivity contribution in [3.63, 3.8) is 0 Å². The second kappa shape index (κ2) is 10.6. The van der Waals surface area contributed by atoms with Crippen LogP contribution < -0.4 is 4.74 Å². The summed E-state index contributed by atoms with van der Waals surface area (Å²) in [5, 5.41) is 8.49. The molecule has 2 atom stereocenters. The van der Waals surface area contributed by atoms with E-state index in [4.69, 9.17) is 9.47 Å². The summed E-state index contributed by atoms with van der Waals surface area (Å²) >= 11 is 0. The molecular formula is C24H26F2N2O7S. The van der Waals surface area contributed by atoms with Gasteiger partial charge in [-0.05, 0) is 23.8 Å². The van der Waals surface area contributed by atoms with E-state index < -0.39 is 63.0 Å². The van der Waals surface area contributed by atoms with Crippen LogP contribution in [0.1, 0.15) is 11.1 Å². The molecule has 0 radical (unpaired) electrons. The van der Waals surface area contributed by atoms with Crippen molar-refractivity contribution >= 4 is 22.1 Å². The zero-order valence-corrected chi connectivity index (χ0v) is 20.5. The Morgan fingerprint density at radius 2 is 1.92 bits per heavy atom. The van der Waals surface area contributed by atoms with E-state index in [-0.39, 0.29) is 13.2 Å². The zero-order valence-electron chi connectivity index (χ0n) is 19.7. The fraction of sp³-hybridized carbons (Fsp3) is 0.333. The number of sulfonamides is 1. The van der Waals surface area contributed by atoms with Gasteiger partial charge in [0.25, 0.3) is 0 Å². The van der Waals surface area contributed by atoms with Crippen LogP contribution in [-0.4, -0.2) is 73.9 Å². The van der Waals surface area contributed by atoms with E-state index in [2.05, 4.69) is 6.58 Å². The lowest BCUT2D eigenvalue weighted by Gasteiger charge is -2.33. The molecule has 1 N–H and O–H groups in total. The number of carboxylic acid groups (broad SMARTS) is 1. The Balaban J connectivity index is 2.08. The number of likely N-dealkylation sites (tertiary alicyclic amines) is 1. The predicted octanol–water partition coefficient (Wildman–Crippen LogP) is 2.76. The second-order valence-corrected chi connectivity index (χ2v) is 10.5. The average Bonchev–Trinajstić information content (AvgIpc) is 3.26. The summed E-state index contributed by atoms with van der Waals surface area (Å²) in [6, 6.07) is 8.76. The number of carbonyl (C=O) groups excluding carboxylic acids is 1. The molecule has 1 saturated heterocycles. The van der Waals surface area contributed by atoms with Gasteiger partial charge in [-0.25, -0.2) is 26.3 Å². The summed E-state index contributed by atoms with van der Waals surface area (Å²) in [5.74, 6) is -3.33. The Morgan fingerprint density at radius 1 is 1.25 bits per heavy atom. The van der Waals surface area contributed by atoms with Crippen LogP contribution in [0.2, 0.25) is 0 Å². The zero-order chi connectivity index (χ0) is 26.7. The number of carboxylic acids is 1. The number of aliphatic carboxylic acids is 1. The predicted molar refractivity (Wildman–Crippen MR) is 126 cm³/mol. The monoisotopic (exact) mass is 524 g/mol. The van der Waals surface area contributed by atoms with E-state index >= 15 is 0 Å². The lowest BCUT2D eigenvalue weighted by atomic mass is 9.79. The van der Waals surface area contributed by atoms with Gasteiger partial charge in [-0.15, -0.1) is 0 Å². The molecule has 1 amide bonds. The number of carbonyl (C=O) groups is 2. The normalized spacial score (nSPS) is 19.8. The third-order valence-electron chi connectivity index (χ3n) is 6.11. The van der Waals surface area contributed by atoms with E-state index in [1.165, 1.54) is 20.2 Å². The Kier molecular flexibility index (Phi) is 7.99. The highest BCUT2D eigenvalue weighted by Gasteiger charge is 2.62. The SMILES string of the molecule is C=CCOC(=O)N1C[C@H](S(=O)(=O)N(C)Cc2ccc(OC)cc2)[C@](C(=O)O)(c2ccc(F)cc2F)C1. The molecule has 2 aromatic rings. The second-order valence-electron chi connectivity index (χ2n) is 8.28. The van der Waals surface area contributed by atoms with E-state index in [1.54, 1.807) is 24.3 Å². The highest BCUT2D eigenvalue weighted by Crippen LogP contribution is 2.42. The number of hydrogen-bond donors (Lipinski definition) is 1. The first-order valence-corrected chi connectivity index (χ1v) is 12.3. The molecule has 12 heteroatoms. The van der Waals surface area contributed by atoms with Gasteiger partial charge in [-0.1, -0.05) is 30.9 Å². The lowest BCUT2D eigenvalue weighted by Crippen LogP contribution is -2.53. The van der Waals surface area contributed by atoms with Crippen LogP contribution >= 0.6 is 0 Å². The lowest BCUT2D eigenvalue weighted by molar-refractivity contribution is -0.143. The van der Waals surface area contributed by atoms with Gasteiger partial charge in [0.2, 0.25) is 10.0 Å². The Labute approximate surface area is 207 Å². The number of methoxy groups -OCH3 is 1. The van der Waals surface area contributed by atoms with Gasteiger partial charge in [-0.3, -0.25) is 4.79 Å². The highest BCUT2D eigenvalue weighted by atomic mass is 32.2. The number of halogens is 2. The molecule has 1 aliphatic rings. The molecule has 1 aliphatic heterocycles. The largest absolute Gasteiger partial charge is 0.497 e. The molecule has 2 aromatic carbocycles. The van der Waals surface area contributed by atoms with Crippen LogP contribution in [0, 0.1) is 11.6 Å². The van der Waals surface area contributed by atoms with Gasteiger partial charge in [0.05, 0.1) is 7.11 Å². The third-order valence-corrected chi connectivity index (χ3v) is 8.38. The molecule has 0 unspecified atom stereocenters. The molecular weight excluding hydrogens is 498 g/mol. The first-order valence-electron chi connectivity index (χ1n) is 10.8. The van der Waals surface area contributed by atoms with Crippen LogP contribution in [-0.2, 0) is 31.5 Å². The van der Waals surface area contributed by atoms with Crippen LogP contribution in [0.25, 0.3) is 0 Å². The van der Waals surface area contributed by atoms with Crippen molar-refractivity contribution in [3.8, 4) is 5.75 Å². The van der Waals surface area contributed by atoms with Gasteiger partial charge in [0.15, 0.2) is 0 Å². The first kappa shape index (κ1) is 27.1. The van der Waals surface area contributed by atoms with E-state index in [0.29, 0.717) is 17.4 Å². The summed E-state index contributed by atoms with van der Waals surface area (Å²) in [4.78, 5) is 26.2. The maximum atomic E-state index is 14.9. The summed E-state index contributed by atoms with van der Waals surface area (Å²) in [6.07, 6.45) is 0.299. The maximum absolute atomic E-state index is 14.9. The van der Waals surface area contributed by atoms with Crippen LogP contribution in [0.15, 0.2) is 55.1 Å². The molecule has 0 aromatic heterocycles. The summed E-state index contributed by atoms with van der Waals surface area (Å²) < 4.78 is 67.1. The Hall–Kier alpha value is -3.51. The summed E-state index contributed by atoms with van der Waals surface area (Å²) in [7, 11) is -1.74. The Morgan fingerprint density at radius 3 is 2.47 bits per heavy atom. The molecule has 36 heavy (non-hydrogen) atoms. The van der Waals surface area contributed by atoms with Crippen LogP contribution in [0.3, 0.4) is 0 Å². The van der Waals surface area contributed by atoms with Gasteiger partial charge in [0, 0.05) is 38.3 Å². The molecule has 194 valence electrons. The smallest absolute Gasteiger partial charge is 0.410 e. The van der Waals surface area contributed by atoms with Gasteiger partial charge < -0.3 is 19.5 Å². The van der Waals surface area contributed by atoms with E-state index in [9.17, 15) is 31.9 Å². The van der Waals surface area contributed by atoms with Crippen molar-refractivity contribution in [2.45, 2.75) is 17.2 Å². The van der Waals surface area contributed by atoms with E-state index in [0.717, 1.165) is 21.3 Å². The number of rotatable bonds is 9. The van der Waals surface area contributed by atoms with Crippen molar-refractivity contribution in [3.05, 3.63) is 77.9 Å². The molecule has 0 saturated carbocycles. The number of hydrogen-bond acceptors (Lipinski definition) is 6. The van der Waals surface area contributed by atoms with Crippen molar-refractivity contribution < 1.29 is 41.4 Å². The van der Waals surface area contributed by atoms with Crippen molar-refractivity contribution in [1.29, 1.82) is 0 Å². The summed E-state index contributed by atoms with van der Waals surface area (Å²) in [5.41, 5.74) is -2.41.